The molecule has 13 heavy (non-hydrogen) atoms. The Morgan fingerprint density at radius 2 is 2.23 bits per heavy atom. The second-order valence-electron chi connectivity index (χ2n) is 3.76. The molecule has 0 aromatic heterocycles. The molecule has 1 aliphatic rings. The van der Waals surface area contributed by atoms with Crippen molar-refractivity contribution in [3.05, 3.63) is 28.2 Å². The van der Waals surface area contributed by atoms with E-state index < -0.39 is 0 Å². The molecule has 0 aliphatic carbocycles. The summed E-state index contributed by atoms with van der Waals surface area (Å²) >= 11 is 3.48. The van der Waals surface area contributed by atoms with Gasteiger partial charge in [0, 0.05) is 22.7 Å². The van der Waals surface area contributed by atoms with Crippen molar-refractivity contribution in [1.82, 2.24) is 0 Å². The third-order valence-electron chi connectivity index (χ3n) is 2.79. The van der Waals surface area contributed by atoms with Crippen LogP contribution in [0, 0.1) is 6.92 Å². The van der Waals surface area contributed by atoms with Crippen LogP contribution in [-0.4, -0.2) is 12.6 Å². The Morgan fingerprint density at radius 3 is 2.69 bits per heavy atom. The zero-order valence-corrected chi connectivity index (χ0v) is 9.63. The van der Waals surface area contributed by atoms with Crippen LogP contribution in [0.2, 0.25) is 0 Å². The van der Waals surface area contributed by atoms with E-state index >= 15 is 0 Å². The van der Waals surface area contributed by atoms with Crippen LogP contribution in [0.3, 0.4) is 0 Å². The minimum atomic E-state index is 0.722. The van der Waals surface area contributed by atoms with E-state index in [0.717, 1.165) is 6.04 Å². The number of nitrogens with zero attached hydrogens (tertiary/aromatic N) is 1. The third kappa shape index (κ3) is 1.60. The zero-order valence-electron chi connectivity index (χ0n) is 8.05. The number of aryl methyl sites for hydroxylation is 1. The molecule has 1 nitrogen and oxygen atoms in total. The van der Waals surface area contributed by atoms with Crippen LogP contribution < -0.4 is 4.90 Å². The van der Waals surface area contributed by atoms with E-state index in [1.807, 2.05) is 0 Å². The van der Waals surface area contributed by atoms with Crippen molar-refractivity contribution < 1.29 is 0 Å². The van der Waals surface area contributed by atoms with Gasteiger partial charge >= 0.3 is 0 Å². The highest BCUT2D eigenvalue weighted by Crippen LogP contribution is 2.30. The van der Waals surface area contributed by atoms with Crippen LogP contribution in [0.1, 0.15) is 18.9 Å². The first-order valence-electron chi connectivity index (χ1n) is 4.71. The van der Waals surface area contributed by atoms with Gasteiger partial charge in [0.15, 0.2) is 0 Å². The van der Waals surface area contributed by atoms with Crippen LogP contribution in [0.25, 0.3) is 0 Å². The average molecular weight is 240 g/mol. The molecule has 0 spiro atoms. The van der Waals surface area contributed by atoms with Gasteiger partial charge < -0.3 is 4.90 Å². The molecule has 0 N–H and O–H groups in total. The number of rotatable bonds is 1. The Bertz CT molecular complexity index is 322. The highest BCUT2D eigenvalue weighted by Gasteiger charge is 2.24. The lowest BCUT2D eigenvalue weighted by molar-refractivity contribution is 0.480. The van der Waals surface area contributed by atoms with Crippen LogP contribution in [-0.2, 0) is 0 Å². The highest BCUT2D eigenvalue weighted by molar-refractivity contribution is 9.10. The van der Waals surface area contributed by atoms with Gasteiger partial charge in [-0.05, 0) is 44.0 Å². The van der Waals surface area contributed by atoms with E-state index in [4.69, 9.17) is 0 Å². The molecule has 0 saturated carbocycles. The highest BCUT2D eigenvalue weighted by atomic mass is 79.9. The van der Waals surface area contributed by atoms with Crippen molar-refractivity contribution in [3.63, 3.8) is 0 Å². The van der Waals surface area contributed by atoms with E-state index in [1.165, 1.54) is 28.7 Å². The molecule has 1 saturated heterocycles. The number of hydrogen-bond donors (Lipinski definition) is 0. The van der Waals surface area contributed by atoms with Crippen molar-refractivity contribution in [2.45, 2.75) is 26.3 Å². The normalized spacial score (nSPS) is 21.5. The second kappa shape index (κ2) is 3.33. The minimum Gasteiger partial charge on any atom is -0.368 e. The van der Waals surface area contributed by atoms with Gasteiger partial charge in [0.25, 0.3) is 0 Å². The lowest BCUT2D eigenvalue weighted by atomic mass is 10.0. The van der Waals surface area contributed by atoms with E-state index in [9.17, 15) is 0 Å². The van der Waals surface area contributed by atoms with E-state index in [0.29, 0.717) is 0 Å². The average Bonchev–Trinajstić information content (AvgIpc) is 2.07. The lowest BCUT2D eigenvalue weighted by Crippen LogP contribution is -2.46. The van der Waals surface area contributed by atoms with E-state index in [2.05, 4.69) is 52.9 Å². The number of halogens is 1. The molecule has 1 aliphatic heterocycles. The fourth-order valence-corrected chi connectivity index (χ4v) is 2.29. The lowest BCUT2D eigenvalue weighted by Gasteiger charge is -2.41. The number of anilines is 1. The molecule has 0 radical (unpaired) electrons. The summed E-state index contributed by atoms with van der Waals surface area (Å²) in [6, 6.07) is 7.22. The topological polar surface area (TPSA) is 3.24 Å². The Morgan fingerprint density at radius 1 is 1.46 bits per heavy atom. The standard InChI is InChI=1S/C11H14BrN/c1-8-7-10(12)3-4-11(8)13-6-5-9(13)2/h3-4,7,9H,5-6H2,1-2H3. The molecule has 0 bridgehead atoms. The summed E-state index contributed by atoms with van der Waals surface area (Å²) in [5.74, 6) is 0. The smallest absolute Gasteiger partial charge is 0.0399 e. The molecule has 0 amide bonds. The Labute approximate surface area is 87.9 Å². The molecule has 2 heteroatoms. The summed E-state index contributed by atoms with van der Waals surface area (Å²) in [7, 11) is 0. The molecule has 1 heterocycles. The van der Waals surface area contributed by atoms with Crippen LogP contribution in [0.4, 0.5) is 5.69 Å². The summed E-state index contributed by atoms with van der Waals surface area (Å²) in [5, 5.41) is 0. The molecule has 1 atom stereocenters. The monoisotopic (exact) mass is 239 g/mol. The van der Waals surface area contributed by atoms with Crippen LogP contribution in [0.15, 0.2) is 22.7 Å². The van der Waals surface area contributed by atoms with Gasteiger partial charge in [-0.1, -0.05) is 15.9 Å². The van der Waals surface area contributed by atoms with Gasteiger partial charge in [-0.15, -0.1) is 0 Å². The first-order chi connectivity index (χ1) is 6.18. The Balaban J connectivity index is 2.30. The molecule has 1 fully saturated rings. The Hall–Kier alpha value is -0.500. The fraction of sp³-hybridized carbons (Fsp3) is 0.455. The summed E-state index contributed by atoms with van der Waals surface area (Å²) in [5.41, 5.74) is 2.75. The molecule has 70 valence electrons. The largest absolute Gasteiger partial charge is 0.368 e. The van der Waals surface area contributed by atoms with Crippen molar-refractivity contribution in [1.29, 1.82) is 0 Å². The fourth-order valence-electron chi connectivity index (χ4n) is 1.82. The van der Waals surface area contributed by atoms with Gasteiger partial charge in [-0.25, -0.2) is 0 Å². The summed E-state index contributed by atoms with van der Waals surface area (Å²) < 4.78 is 1.17. The SMILES string of the molecule is Cc1cc(Br)ccc1N1CCC1C. The van der Waals surface area contributed by atoms with Gasteiger partial charge in [0.05, 0.1) is 0 Å². The maximum Gasteiger partial charge on any atom is 0.0399 e. The molecular weight excluding hydrogens is 226 g/mol. The summed E-state index contributed by atoms with van der Waals surface area (Å²) in [4.78, 5) is 2.46. The molecule has 1 aromatic carbocycles. The van der Waals surface area contributed by atoms with Crippen molar-refractivity contribution in [2.75, 3.05) is 11.4 Å². The molecule has 2 rings (SSSR count). The number of benzene rings is 1. The van der Waals surface area contributed by atoms with Crippen molar-refractivity contribution in [2.24, 2.45) is 0 Å². The van der Waals surface area contributed by atoms with Gasteiger partial charge in [-0.2, -0.15) is 0 Å². The first-order valence-corrected chi connectivity index (χ1v) is 5.50. The quantitative estimate of drug-likeness (QED) is 0.727. The molecule has 1 aromatic rings. The maximum absolute atomic E-state index is 3.48. The van der Waals surface area contributed by atoms with Crippen molar-refractivity contribution in [3.8, 4) is 0 Å². The predicted octanol–water partition coefficient (Wildman–Crippen LogP) is 3.36. The van der Waals surface area contributed by atoms with Gasteiger partial charge in [-0.3, -0.25) is 0 Å². The van der Waals surface area contributed by atoms with Crippen molar-refractivity contribution >= 4 is 21.6 Å². The molecular formula is C11H14BrN. The van der Waals surface area contributed by atoms with E-state index in [-0.39, 0.29) is 0 Å². The van der Waals surface area contributed by atoms with E-state index in [1.54, 1.807) is 0 Å². The predicted molar refractivity (Wildman–Crippen MR) is 60.3 cm³/mol. The first kappa shape index (κ1) is 9.07. The van der Waals surface area contributed by atoms with Crippen LogP contribution in [0.5, 0.6) is 0 Å². The molecule has 1 unspecified atom stereocenters. The summed E-state index contributed by atoms with van der Waals surface area (Å²) in [6.45, 7) is 5.67. The minimum absolute atomic E-state index is 0.722. The third-order valence-corrected chi connectivity index (χ3v) is 3.28. The van der Waals surface area contributed by atoms with Crippen LogP contribution >= 0.6 is 15.9 Å². The summed E-state index contributed by atoms with van der Waals surface area (Å²) in [6.07, 6.45) is 1.33. The van der Waals surface area contributed by atoms with Gasteiger partial charge in [0.2, 0.25) is 0 Å². The second-order valence-corrected chi connectivity index (χ2v) is 4.68. The Kier molecular flexibility index (Phi) is 2.33. The number of hydrogen-bond acceptors (Lipinski definition) is 1. The maximum atomic E-state index is 3.48. The zero-order chi connectivity index (χ0) is 9.42. The van der Waals surface area contributed by atoms with Gasteiger partial charge in [0.1, 0.15) is 0 Å².